The van der Waals surface area contributed by atoms with Gasteiger partial charge < -0.3 is 24.0 Å². The second-order valence-corrected chi connectivity index (χ2v) is 8.74. The number of nitrogens with zero attached hydrogens (tertiary/aromatic N) is 3. The predicted molar refractivity (Wildman–Crippen MR) is 135 cm³/mol. The fourth-order valence-electron chi connectivity index (χ4n) is 4.19. The van der Waals surface area contributed by atoms with Crippen molar-refractivity contribution in [1.82, 2.24) is 9.13 Å². The van der Waals surface area contributed by atoms with E-state index in [4.69, 9.17) is 21.7 Å². The van der Waals surface area contributed by atoms with E-state index in [0.29, 0.717) is 23.4 Å². The van der Waals surface area contributed by atoms with Crippen molar-refractivity contribution in [3.63, 3.8) is 0 Å². The quantitative estimate of drug-likeness (QED) is 0.384. The summed E-state index contributed by atoms with van der Waals surface area (Å²) in [6.45, 7) is 7.91. The van der Waals surface area contributed by atoms with Gasteiger partial charge in [-0.15, -0.1) is 0 Å². The zero-order valence-electron chi connectivity index (χ0n) is 19.7. The molecule has 180 valence electrons. The Morgan fingerprint density at radius 1 is 1.06 bits per heavy atom. The molecule has 8 heteroatoms. The molecule has 4 rings (SSSR count). The summed E-state index contributed by atoms with van der Waals surface area (Å²) < 4.78 is 14.5. The molecule has 1 fully saturated rings. The van der Waals surface area contributed by atoms with E-state index in [-0.39, 0.29) is 18.9 Å². The summed E-state index contributed by atoms with van der Waals surface area (Å²) in [5, 5.41) is 11.1. The molecular weight excluding hydrogens is 450 g/mol. The monoisotopic (exact) mass is 481 g/mol. The van der Waals surface area contributed by atoms with Gasteiger partial charge in [-0.05, 0) is 62.3 Å². The van der Waals surface area contributed by atoms with Crippen LogP contribution in [0.5, 0.6) is 5.88 Å². The van der Waals surface area contributed by atoms with Gasteiger partial charge in [0, 0.05) is 25.3 Å². The Labute approximate surface area is 205 Å². The van der Waals surface area contributed by atoms with Gasteiger partial charge in [0.15, 0.2) is 4.77 Å². The molecule has 1 aliphatic rings. The SMILES string of the molecule is CCOC(=O)Cc1c(O)n(-c2ccc(C)cc2)c(=S)n1CCc1ccc(N2CCOCC2)cc1. The summed E-state index contributed by atoms with van der Waals surface area (Å²) in [7, 11) is 0. The minimum Gasteiger partial charge on any atom is -0.493 e. The topological polar surface area (TPSA) is 68.9 Å². The highest BCUT2D eigenvalue weighted by Crippen LogP contribution is 2.27. The first-order chi connectivity index (χ1) is 16.5. The van der Waals surface area contributed by atoms with Crippen LogP contribution in [0.4, 0.5) is 5.69 Å². The number of rotatable bonds is 8. The van der Waals surface area contributed by atoms with Gasteiger partial charge in [-0.2, -0.15) is 0 Å². The first-order valence-electron chi connectivity index (χ1n) is 11.7. The number of aromatic hydroxyl groups is 1. The van der Waals surface area contributed by atoms with E-state index in [1.807, 2.05) is 35.8 Å². The lowest BCUT2D eigenvalue weighted by Crippen LogP contribution is -2.36. The molecule has 0 atom stereocenters. The van der Waals surface area contributed by atoms with Crippen molar-refractivity contribution < 1.29 is 19.4 Å². The first-order valence-corrected chi connectivity index (χ1v) is 12.1. The summed E-state index contributed by atoms with van der Waals surface area (Å²) in [5.41, 5.74) is 4.68. The Morgan fingerprint density at radius 3 is 2.35 bits per heavy atom. The molecule has 0 bridgehead atoms. The van der Waals surface area contributed by atoms with E-state index >= 15 is 0 Å². The van der Waals surface area contributed by atoms with Crippen molar-refractivity contribution in [1.29, 1.82) is 0 Å². The molecule has 1 aromatic heterocycles. The number of aryl methyl sites for hydroxylation is 2. The van der Waals surface area contributed by atoms with Crippen molar-refractivity contribution in [3.05, 3.63) is 70.1 Å². The Kier molecular flexibility index (Phi) is 7.70. The third kappa shape index (κ3) is 5.34. The van der Waals surface area contributed by atoms with Crippen molar-refractivity contribution in [2.24, 2.45) is 0 Å². The molecule has 2 heterocycles. The third-order valence-electron chi connectivity index (χ3n) is 6.06. The second kappa shape index (κ2) is 10.9. The number of hydrogen-bond donors (Lipinski definition) is 1. The van der Waals surface area contributed by atoms with Crippen molar-refractivity contribution in [2.75, 3.05) is 37.8 Å². The van der Waals surface area contributed by atoms with E-state index < -0.39 is 5.97 Å². The van der Waals surface area contributed by atoms with Crippen molar-refractivity contribution in [3.8, 4) is 11.6 Å². The number of carbonyl (C=O) groups is 1. The third-order valence-corrected chi connectivity index (χ3v) is 6.47. The lowest BCUT2D eigenvalue weighted by atomic mass is 10.1. The number of hydrogen-bond acceptors (Lipinski definition) is 6. The Morgan fingerprint density at radius 2 is 1.71 bits per heavy atom. The average Bonchev–Trinajstić information content (AvgIpc) is 3.08. The number of ether oxygens (including phenoxy) is 2. The molecule has 1 N–H and O–H groups in total. The normalized spacial score (nSPS) is 13.8. The highest BCUT2D eigenvalue weighted by Gasteiger charge is 2.21. The van der Waals surface area contributed by atoms with Crippen LogP contribution < -0.4 is 4.90 Å². The Bertz CT molecular complexity index is 1180. The van der Waals surface area contributed by atoms with Crippen LogP contribution in [0.2, 0.25) is 0 Å². The number of anilines is 1. The van der Waals surface area contributed by atoms with Gasteiger partial charge in [-0.1, -0.05) is 29.8 Å². The molecule has 0 spiro atoms. The average molecular weight is 482 g/mol. The molecule has 1 aliphatic heterocycles. The van der Waals surface area contributed by atoms with Gasteiger partial charge in [0.25, 0.3) is 0 Å². The van der Waals surface area contributed by atoms with Gasteiger partial charge in [0.2, 0.25) is 5.88 Å². The zero-order valence-corrected chi connectivity index (χ0v) is 20.5. The zero-order chi connectivity index (χ0) is 24.1. The number of morpholine rings is 1. The summed E-state index contributed by atoms with van der Waals surface area (Å²) in [5.74, 6) is -0.415. The number of aromatic nitrogens is 2. The summed E-state index contributed by atoms with van der Waals surface area (Å²) >= 11 is 5.75. The summed E-state index contributed by atoms with van der Waals surface area (Å²) in [4.78, 5) is 14.6. The van der Waals surface area contributed by atoms with Gasteiger partial charge in [0.1, 0.15) is 0 Å². The van der Waals surface area contributed by atoms with Gasteiger partial charge >= 0.3 is 5.97 Å². The number of benzene rings is 2. The molecule has 0 unspecified atom stereocenters. The first kappa shape index (κ1) is 24.0. The van der Waals surface area contributed by atoms with E-state index in [1.165, 1.54) is 5.69 Å². The van der Waals surface area contributed by atoms with Gasteiger partial charge in [-0.3, -0.25) is 9.36 Å². The molecule has 0 saturated carbocycles. The van der Waals surface area contributed by atoms with Crippen LogP contribution in [0.3, 0.4) is 0 Å². The molecule has 2 aromatic carbocycles. The smallest absolute Gasteiger partial charge is 0.311 e. The fourth-order valence-corrected chi connectivity index (χ4v) is 4.59. The van der Waals surface area contributed by atoms with Crippen LogP contribution >= 0.6 is 12.2 Å². The highest BCUT2D eigenvalue weighted by molar-refractivity contribution is 7.71. The van der Waals surface area contributed by atoms with Crippen LogP contribution in [-0.2, 0) is 33.7 Å². The predicted octanol–water partition coefficient (Wildman–Crippen LogP) is 4.21. The lowest BCUT2D eigenvalue weighted by Gasteiger charge is -2.28. The van der Waals surface area contributed by atoms with Gasteiger partial charge in [-0.25, -0.2) is 0 Å². The Balaban J connectivity index is 1.59. The number of carbonyl (C=O) groups excluding carboxylic acids is 1. The molecule has 0 radical (unpaired) electrons. The summed E-state index contributed by atoms with van der Waals surface area (Å²) in [6, 6.07) is 16.3. The molecule has 1 saturated heterocycles. The number of imidazole rings is 1. The summed E-state index contributed by atoms with van der Waals surface area (Å²) in [6.07, 6.45) is 0.670. The van der Waals surface area contributed by atoms with E-state index in [0.717, 1.165) is 43.1 Å². The molecule has 0 amide bonds. The van der Waals surface area contributed by atoms with Crippen LogP contribution in [0.1, 0.15) is 23.7 Å². The lowest BCUT2D eigenvalue weighted by molar-refractivity contribution is -0.142. The second-order valence-electron chi connectivity index (χ2n) is 8.37. The highest BCUT2D eigenvalue weighted by atomic mass is 32.1. The van der Waals surface area contributed by atoms with E-state index in [1.54, 1.807) is 11.5 Å². The van der Waals surface area contributed by atoms with Gasteiger partial charge in [0.05, 0.1) is 37.6 Å². The van der Waals surface area contributed by atoms with E-state index in [9.17, 15) is 9.90 Å². The molecule has 0 aliphatic carbocycles. The van der Waals surface area contributed by atoms with Crippen LogP contribution in [0.15, 0.2) is 48.5 Å². The van der Waals surface area contributed by atoms with Crippen LogP contribution in [0.25, 0.3) is 5.69 Å². The standard InChI is InChI=1S/C26H31N3O4S/c1-3-33-24(30)18-23-25(31)29(22-8-4-19(2)5-9-22)26(34)28(23)13-12-20-6-10-21(11-7-20)27-14-16-32-17-15-27/h4-11,31H,3,12-18H2,1-2H3. The maximum absolute atomic E-state index is 12.3. The molecular formula is C26H31N3O4S. The molecule has 3 aromatic rings. The minimum absolute atomic E-state index is 0.0235. The Hall–Kier alpha value is -3.10. The van der Waals surface area contributed by atoms with E-state index in [2.05, 4.69) is 29.2 Å². The fraction of sp³-hybridized carbons (Fsp3) is 0.385. The van der Waals surface area contributed by atoms with Crippen LogP contribution in [0, 0.1) is 11.7 Å². The molecule has 7 nitrogen and oxygen atoms in total. The maximum atomic E-state index is 12.3. The van der Waals surface area contributed by atoms with Crippen molar-refractivity contribution >= 4 is 23.9 Å². The largest absolute Gasteiger partial charge is 0.493 e. The van der Waals surface area contributed by atoms with Crippen LogP contribution in [-0.4, -0.2) is 53.1 Å². The molecule has 34 heavy (non-hydrogen) atoms. The maximum Gasteiger partial charge on any atom is 0.311 e. The minimum atomic E-state index is -0.391. The van der Waals surface area contributed by atoms with Crippen molar-refractivity contribution in [2.45, 2.75) is 33.2 Å². The number of esters is 1.